The smallest absolute Gasteiger partial charge is 0.255 e. The van der Waals surface area contributed by atoms with Gasteiger partial charge in [-0.05, 0) is 49.9 Å². The summed E-state index contributed by atoms with van der Waals surface area (Å²) in [6.07, 6.45) is 1.71. The zero-order valence-electron chi connectivity index (χ0n) is 15.0. The van der Waals surface area contributed by atoms with Crippen molar-refractivity contribution < 1.29 is 12.8 Å². The van der Waals surface area contributed by atoms with Crippen LogP contribution < -0.4 is 15.6 Å². The molecule has 26 heavy (non-hydrogen) atoms. The van der Waals surface area contributed by atoms with Gasteiger partial charge < -0.3 is 5.32 Å². The van der Waals surface area contributed by atoms with E-state index in [1.54, 1.807) is 19.1 Å². The first-order valence-corrected chi connectivity index (χ1v) is 10.0. The van der Waals surface area contributed by atoms with Gasteiger partial charge in [-0.3, -0.25) is 14.1 Å². The van der Waals surface area contributed by atoms with Crippen LogP contribution >= 0.6 is 0 Å². The summed E-state index contributed by atoms with van der Waals surface area (Å²) in [6.45, 7) is 3.59. The van der Waals surface area contributed by atoms with Crippen LogP contribution in [0.2, 0.25) is 0 Å². The zero-order chi connectivity index (χ0) is 19.1. The van der Waals surface area contributed by atoms with E-state index in [0.717, 1.165) is 5.56 Å². The topological polar surface area (TPSA) is 80.2 Å². The Morgan fingerprint density at radius 2 is 1.92 bits per heavy atom. The van der Waals surface area contributed by atoms with Crippen LogP contribution in [-0.2, 0) is 23.5 Å². The largest absolute Gasteiger partial charge is 0.337 e. The Kier molecular flexibility index (Phi) is 4.79. The SMILES string of the molecule is CCc1cc(NS(=O)(=O)C2CC2)c(Nc2ccc(C)cc2F)n(C)c1=O. The first-order chi connectivity index (χ1) is 12.2. The van der Waals surface area contributed by atoms with Crippen molar-refractivity contribution in [1.82, 2.24) is 4.57 Å². The molecule has 0 unspecified atom stereocenters. The van der Waals surface area contributed by atoms with Gasteiger partial charge in [0.05, 0.1) is 16.6 Å². The van der Waals surface area contributed by atoms with Gasteiger partial charge in [0, 0.05) is 12.6 Å². The molecule has 0 aliphatic heterocycles. The van der Waals surface area contributed by atoms with E-state index in [0.29, 0.717) is 24.8 Å². The molecule has 1 aromatic heterocycles. The number of pyridine rings is 1. The molecule has 1 aromatic carbocycles. The molecule has 1 saturated carbocycles. The number of sulfonamides is 1. The number of nitrogens with one attached hydrogen (secondary N) is 2. The summed E-state index contributed by atoms with van der Waals surface area (Å²) in [5.74, 6) is -0.271. The highest BCUT2D eigenvalue weighted by Crippen LogP contribution is 2.33. The van der Waals surface area contributed by atoms with E-state index in [9.17, 15) is 17.6 Å². The summed E-state index contributed by atoms with van der Waals surface area (Å²) in [5, 5.41) is 2.46. The molecular weight excluding hydrogens is 357 g/mol. The van der Waals surface area contributed by atoms with Crippen molar-refractivity contribution in [2.24, 2.45) is 7.05 Å². The van der Waals surface area contributed by atoms with Crippen molar-refractivity contribution in [3.63, 3.8) is 0 Å². The lowest BCUT2D eigenvalue weighted by Gasteiger charge is -2.19. The minimum atomic E-state index is -3.53. The Balaban J connectivity index is 2.09. The second kappa shape index (κ2) is 6.75. The second-order valence-electron chi connectivity index (χ2n) is 6.60. The van der Waals surface area contributed by atoms with Crippen LogP contribution in [0.15, 0.2) is 29.1 Å². The molecule has 2 aromatic rings. The molecule has 1 heterocycles. The molecule has 0 atom stereocenters. The summed E-state index contributed by atoms with van der Waals surface area (Å²) in [7, 11) is -1.99. The highest BCUT2D eigenvalue weighted by Gasteiger charge is 2.36. The number of aryl methyl sites for hydroxylation is 2. The molecule has 0 amide bonds. The van der Waals surface area contributed by atoms with Gasteiger partial charge in [0.25, 0.3) is 5.56 Å². The number of anilines is 3. The maximum atomic E-state index is 14.2. The fourth-order valence-electron chi connectivity index (χ4n) is 2.75. The molecule has 6 nitrogen and oxygen atoms in total. The maximum Gasteiger partial charge on any atom is 0.255 e. The van der Waals surface area contributed by atoms with Crippen molar-refractivity contribution in [2.45, 2.75) is 38.4 Å². The van der Waals surface area contributed by atoms with Gasteiger partial charge in [-0.1, -0.05) is 13.0 Å². The number of rotatable bonds is 6. The van der Waals surface area contributed by atoms with E-state index in [1.807, 2.05) is 6.92 Å². The summed E-state index contributed by atoms with van der Waals surface area (Å²) in [5.41, 5.74) is 1.41. The molecule has 0 spiro atoms. The fourth-order valence-corrected chi connectivity index (χ4v) is 4.13. The van der Waals surface area contributed by atoms with Gasteiger partial charge in [0.2, 0.25) is 10.0 Å². The summed E-state index contributed by atoms with van der Waals surface area (Å²) in [4.78, 5) is 12.5. The molecule has 1 fully saturated rings. The van der Waals surface area contributed by atoms with Crippen molar-refractivity contribution in [2.75, 3.05) is 10.0 Å². The van der Waals surface area contributed by atoms with E-state index < -0.39 is 21.1 Å². The van der Waals surface area contributed by atoms with Crippen molar-refractivity contribution in [3.8, 4) is 0 Å². The first-order valence-electron chi connectivity index (χ1n) is 8.50. The van der Waals surface area contributed by atoms with Crippen molar-refractivity contribution in [3.05, 3.63) is 51.6 Å². The fraction of sp³-hybridized carbons (Fsp3) is 0.389. The van der Waals surface area contributed by atoms with Gasteiger partial charge >= 0.3 is 0 Å². The molecule has 0 saturated heterocycles. The first kappa shape index (κ1) is 18.4. The number of hydrogen-bond acceptors (Lipinski definition) is 4. The zero-order valence-corrected chi connectivity index (χ0v) is 15.8. The Labute approximate surface area is 152 Å². The molecule has 8 heteroatoms. The Hall–Kier alpha value is -2.35. The number of nitrogens with zero attached hydrogens (tertiary/aromatic N) is 1. The van der Waals surface area contributed by atoms with Gasteiger partial charge in [0.15, 0.2) is 0 Å². The van der Waals surface area contributed by atoms with E-state index in [1.165, 1.54) is 23.7 Å². The predicted octanol–water partition coefficient (Wildman–Crippen LogP) is 3.04. The average molecular weight is 379 g/mol. The van der Waals surface area contributed by atoms with Gasteiger partial charge in [0.1, 0.15) is 11.6 Å². The van der Waals surface area contributed by atoms with E-state index in [4.69, 9.17) is 0 Å². The molecule has 140 valence electrons. The number of hydrogen-bond donors (Lipinski definition) is 2. The highest BCUT2D eigenvalue weighted by molar-refractivity contribution is 7.93. The molecular formula is C18H22FN3O3S. The van der Waals surface area contributed by atoms with Crippen LogP contribution in [0.5, 0.6) is 0 Å². The lowest BCUT2D eigenvalue weighted by Crippen LogP contribution is -2.26. The third kappa shape index (κ3) is 3.60. The minimum Gasteiger partial charge on any atom is -0.337 e. The number of benzene rings is 1. The van der Waals surface area contributed by atoms with Crippen LogP contribution in [0.25, 0.3) is 0 Å². The van der Waals surface area contributed by atoms with Crippen LogP contribution in [0.3, 0.4) is 0 Å². The van der Waals surface area contributed by atoms with Crippen LogP contribution in [0.4, 0.5) is 21.6 Å². The van der Waals surface area contributed by atoms with Crippen molar-refractivity contribution >= 4 is 27.2 Å². The van der Waals surface area contributed by atoms with Crippen molar-refractivity contribution in [1.29, 1.82) is 0 Å². The summed E-state index contributed by atoms with van der Waals surface area (Å²) < 4.78 is 42.9. The van der Waals surface area contributed by atoms with Crippen LogP contribution in [0.1, 0.15) is 30.9 Å². The maximum absolute atomic E-state index is 14.2. The molecule has 1 aliphatic rings. The van der Waals surface area contributed by atoms with E-state index >= 15 is 0 Å². The lowest BCUT2D eigenvalue weighted by molar-refractivity contribution is 0.600. The monoisotopic (exact) mass is 379 g/mol. The Morgan fingerprint density at radius 1 is 1.23 bits per heavy atom. The molecule has 2 N–H and O–H groups in total. The van der Waals surface area contributed by atoms with Gasteiger partial charge in [-0.15, -0.1) is 0 Å². The van der Waals surface area contributed by atoms with Gasteiger partial charge in [-0.25, -0.2) is 12.8 Å². The molecule has 1 aliphatic carbocycles. The third-order valence-corrected chi connectivity index (χ3v) is 6.32. The number of aromatic nitrogens is 1. The normalized spacial score (nSPS) is 14.3. The number of halogens is 1. The van der Waals surface area contributed by atoms with Crippen LogP contribution in [0, 0.1) is 12.7 Å². The third-order valence-electron chi connectivity index (χ3n) is 4.46. The quantitative estimate of drug-likeness (QED) is 0.808. The minimum absolute atomic E-state index is 0.168. The van der Waals surface area contributed by atoms with E-state index in [-0.39, 0.29) is 22.8 Å². The average Bonchev–Trinajstić information content (AvgIpc) is 3.41. The van der Waals surface area contributed by atoms with E-state index in [2.05, 4.69) is 10.0 Å². The molecule has 3 rings (SSSR count). The molecule has 0 bridgehead atoms. The summed E-state index contributed by atoms with van der Waals surface area (Å²) in [6, 6.07) is 6.19. The predicted molar refractivity (Wildman–Crippen MR) is 101 cm³/mol. The van der Waals surface area contributed by atoms with Gasteiger partial charge in [-0.2, -0.15) is 0 Å². The Morgan fingerprint density at radius 3 is 2.50 bits per heavy atom. The Bertz CT molecular complexity index is 1010. The van der Waals surface area contributed by atoms with Crippen LogP contribution in [-0.4, -0.2) is 18.2 Å². The second-order valence-corrected chi connectivity index (χ2v) is 8.57. The lowest BCUT2D eigenvalue weighted by atomic mass is 10.2. The highest BCUT2D eigenvalue weighted by atomic mass is 32.2. The summed E-state index contributed by atoms with van der Waals surface area (Å²) >= 11 is 0. The standard InChI is InChI=1S/C18H22FN3O3S/c1-4-12-10-16(21-26(24,25)13-6-7-13)17(22(3)18(12)23)20-15-8-5-11(2)9-14(15)19/h5,8-10,13,20-21H,4,6-7H2,1-3H3. The molecule has 0 radical (unpaired) electrons.